The minimum Gasteiger partial charge on any atom is -0.497 e. The van der Waals surface area contributed by atoms with Crippen molar-refractivity contribution in [3.05, 3.63) is 47.3 Å². The summed E-state index contributed by atoms with van der Waals surface area (Å²) in [5, 5.41) is 4.40. The number of methoxy groups -OCH3 is 1. The molecule has 0 fully saturated rings. The number of ether oxygens (including phenoxy) is 1. The third-order valence-electron chi connectivity index (χ3n) is 4.37. The van der Waals surface area contributed by atoms with Crippen LogP contribution in [0.5, 0.6) is 5.75 Å². The molecule has 2 rings (SSSR count). The summed E-state index contributed by atoms with van der Waals surface area (Å²) in [4.78, 5) is 15.0. The Morgan fingerprint density at radius 1 is 1.25 bits per heavy atom. The summed E-state index contributed by atoms with van der Waals surface area (Å²) < 4.78 is 7.04. The highest BCUT2D eigenvalue weighted by Gasteiger charge is 2.26. The molecule has 0 spiro atoms. The van der Waals surface area contributed by atoms with Gasteiger partial charge in [-0.05, 0) is 44.9 Å². The number of amides is 1. The Kier molecular flexibility index (Phi) is 6.01. The van der Waals surface area contributed by atoms with E-state index in [-0.39, 0.29) is 11.9 Å². The average Bonchev–Trinajstić information content (AvgIpc) is 3.00. The second kappa shape index (κ2) is 7.99. The van der Waals surface area contributed by atoms with E-state index >= 15 is 0 Å². The molecule has 5 heteroatoms. The fourth-order valence-corrected chi connectivity index (χ4v) is 3.01. The molecule has 0 radical (unpaired) electrons. The molecule has 130 valence electrons. The molecule has 0 unspecified atom stereocenters. The van der Waals surface area contributed by atoms with Gasteiger partial charge in [0.1, 0.15) is 5.75 Å². The second-order valence-corrected chi connectivity index (χ2v) is 5.77. The van der Waals surface area contributed by atoms with E-state index < -0.39 is 0 Å². The van der Waals surface area contributed by atoms with Crippen molar-refractivity contribution in [2.75, 3.05) is 13.7 Å². The summed E-state index contributed by atoms with van der Waals surface area (Å²) in [5.74, 6) is 0.861. The Morgan fingerprint density at radius 2 is 1.92 bits per heavy atom. The maximum atomic E-state index is 13.1. The number of aryl methyl sites for hydroxylation is 2. The van der Waals surface area contributed by atoms with Crippen molar-refractivity contribution in [1.82, 2.24) is 14.7 Å². The number of hydrogen-bond donors (Lipinski definition) is 0. The van der Waals surface area contributed by atoms with Gasteiger partial charge in [-0.25, -0.2) is 0 Å². The summed E-state index contributed by atoms with van der Waals surface area (Å²) in [6.45, 7) is 9.44. The van der Waals surface area contributed by atoms with Crippen LogP contribution in [0.1, 0.15) is 54.8 Å². The van der Waals surface area contributed by atoms with Crippen molar-refractivity contribution in [2.45, 2.75) is 46.7 Å². The molecule has 5 nitrogen and oxygen atoms in total. The van der Waals surface area contributed by atoms with E-state index in [2.05, 4.69) is 12.0 Å². The van der Waals surface area contributed by atoms with Crippen LogP contribution in [0.15, 0.2) is 30.5 Å². The lowest BCUT2D eigenvalue weighted by molar-refractivity contribution is 0.0682. The van der Waals surface area contributed by atoms with Crippen LogP contribution in [0.3, 0.4) is 0 Å². The maximum Gasteiger partial charge on any atom is 0.257 e. The van der Waals surface area contributed by atoms with E-state index in [4.69, 9.17) is 4.74 Å². The molecule has 24 heavy (non-hydrogen) atoms. The number of carbonyl (C=O) groups is 1. The lowest BCUT2D eigenvalue weighted by Crippen LogP contribution is -2.34. The molecule has 0 aliphatic carbocycles. The Balaban J connectivity index is 2.32. The predicted molar refractivity (Wildman–Crippen MR) is 95.4 cm³/mol. The Hall–Kier alpha value is -2.30. The van der Waals surface area contributed by atoms with Gasteiger partial charge in [-0.1, -0.05) is 19.1 Å². The number of aromatic nitrogens is 2. The fraction of sp³-hybridized carbons (Fsp3) is 0.474. The summed E-state index contributed by atoms with van der Waals surface area (Å²) in [7, 11) is 1.66. The zero-order chi connectivity index (χ0) is 17.7. The van der Waals surface area contributed by atoms with Crippen LogP contribution < -0.4 is 4.74 Å². The third kappa shape index (κ3) is 3.61. The first-order valence-electron chi connectivity index (χ1n) is 8.54. The molecule has 1 heterocycles. The largest absolute Gasteiger partial charge is 0.497 e. The SMILES string of the molecule is CC[C@H](c1ccc(OC)cc1)N(CC)C(=O)c1cn(CC)nc1C. The van der Waals surface area contributed by atoms with Crippen LogP contribution in [0.2, 0.25) is 0 Å². The quantitative estimate of drug-likeness (QED) is 0.775. The molecule has 0 saturated carbocycles. The van der Waals surface area contributed by atoms with E-state index in [0.29, 0.717) is 12.1 Å². The summed E-state index contributed by atoms with van der Waals surface area (Å²) in [6, 6.07) is 7.99. The minimum atomic E-state index is 0.0392. The van der Waals surface area contributed by atoms with Crippen molar-refractivity contribution in [3.8, 4) is 5.75 Å². The average molecular weight is 329 g/mol. The van der Waals surface area contributed by atoms with Crippen molar-refractivity contribution in [2.24, 2.45) is 0 Å². The van der Waals surface area contributed by atoms with E-state index in [9.17, 15) is 4.79 Å². The zero-order valence-electron chi connectivity index (χ0n) is 15.2. The molecule has 2 aromatic rings. The van der Waals surface area contributed by atoms with Gasteiger partial charge < -0.3 is 9.64 Å². The van der Waals surface area contributed by atoms with E-state index in [1.807, 2.05) is 60.8 Å². The predicted octanol–water partition coefficient (Wildman–Crippen LogP) is 3.83. The highest BCUT2D eigenvalue weighted by Crippen LogP contribution is 2.27. The van der Waals surface area contributed by atoms with Gasteiger partial charge in [-0.15, -0.1) is 0 Å². The van der Waals surface area contributed by atoms with Gasteiger partial charge in [0.05, 0.1) is 24.4 Å². The second-order valence-electron chi connectivity index (χ2n) is 5.77. The highest BCUT2D eigenvalue weighted by atomic mass is 16.5. The van der Waals surface area contributed by atoms with Crippen molar-refractivity contribution in [3.63, 3.8) is 0 Å². The first kappa shape index (κ1) is 18.0. The lowest BCUT2D eigenvalue weighted by atomic mass is 10.0. The topological polar surface area (TPSA) is 47.4 Å². The van der Waals surface area contributed by atoms with E-state index in [1.54, 1.807) is 7.11 Å². The molecule has 1 amide bonds. The van der Waals surface area contributed by atoms with Crippen LogP contribution in [-0.2, 0) is 6.54 Å². The molecule has 1 atom stereocenters. The Bertz CT molecular complexity index is 676. The van der Waals surface area contributed by atoms with Gasteiger partial charge in [0.25, 0.3) is 5.91 Å². The van der Waals surface area contributed by atoms with E-state index in [1.165, 1.54) is 0 Å². The molecule has 0 saturated heterocycles. The van der Waals surface area contributed by atoms with Gasteiger partial charge in [-0.3, -0.25) is 9.48 Å². The number of carbonyl (C=O) groups excluding carboxylic acids is 1. The summed E-state index contributed by atoms with van der Waals surface area (Å²) in [5.41, 5.74) is 2.59. The molecular weight excluding hydrogens is 302 g/mol. The Morgan fingerprint density at radius 3 is 2.38 bits per heavy atom. The number of benzene rings is 1. The third-order valence-corrected chi connectivity index (χ3v) is 4.37. The van der Waals surface area contributed by atoms with Crippen LogP contribution in [0.4, 0.5) is 0 Å². The summed E-state index contributed by atoms with van der Waals surface area (Å²) >= 11 is 0. The highest BCUT2D eigenvalue weighted by molar-refractivity contribution is 5.95. The smallest absolute Gasteiger partial charge is 0.257 e. The minimum absolute atomic E-state index is 0.0392. The van der Waals surface area contributed by atoms with Gasteiger partial charge in [0.15, 0.2) is 0 Å². The van der Waals surface area contributed by atoms with Crippen molar-refractivity contribution in [1.29, 1.82) is 0 Å². The van der Waals surface area contributed by atoms with Gasteiger partial charge in [0.2, 0.25) is 0 Å². The molecule has 0 N–H and O–H groups in total. The number of rotatable bonds is 7. The molecule has 0 bridgehead atoms. The first-order chi connectivity index (χ1) is 11.5. The van der Waals surface area contributed by atoms with Gasteiger partial charge in [0, 0.05) is 19.3 Å². The van der Waals surface area contributed by atoms with Crippen LogP contribution in [0, 0.1) is 6.92 Å². The molecule has 1 aromatic heterocycles. The van der Waals surface area contributed by atoms with E-state index in [0.717, 1.165) is 30.0 Å². The zero-order valence-corrected chi connectivity index (χ0v) is 15.2. The van der Waals surface area contributed by atoms with Crippen LogP contribution in [-0.4, -0.2) is 34.2 Å². The molecule has 0 aliphatic heterocycles. The van der Waals surface area contributed by atoms with Crippen molar-refractivity contribution >= 4 is 5.91 Å². The monoisotopic (exact) mass is 329 g/mol. The number of hydrogen-bond acceptors (Lipinski definition) is 3. The lowest BCUT2D eigenvalue weighted by Gasteiger charge is -2.30. The first-order valence-corrected chi connectivity index (χ1v) is 8.54. The summed E-state index contributed by atoms with van der Waals surface area (Å²) in [6.07, 6.45) is 2.70. The van der Waals surface area contributed by atoms with Crippen LogP contribution in [0.25, 0.3) is 0 Å². The number of nitrogens with zero attached hydrogens (tertiary/aromatic N) is 3. The van der Waals surface area contributed by atoms with Crippen LogP contribution >= 0.6 is 0 Å². The Labute approximate surface area is 144 Å². The van der Waals surface area contributed by atoms with Crippen molar-refractivity contribution < 1.29 is 9.53 Å². The van der Waals surface area contributed by atoms with Gasteiger partial charge in [-0.2, -0.15) is 5.10 Å². The standard InChI is InChI=1S/C19H27N3O2/c1-6-18(15-9-11-16(24-5)12-10-15)22(8-3)19(23)17-13-21(7-2)20-14(17)4/h9-13,18H,6-8H2,1-5H3/t18-/m1/s1. The normalized spacial score (nSPS) is 12.0. The maximum absolute atomic E-state index is 13.1. The molecule has 1 aromatic carbocycles. The molecule has 0 aliphatic rings. The van der Waals surface area contributed by atoms with Gasteiger partial charge >= 0.3 is 0 Å². The fourth-order valence-electron chi connectivity index (χ4n) is 3.01. The molecular formula is C19H27N3O2.